The maximum Gasteiger partial charge on any atom is 0.315 e. The number of carbonyl (C=O) groups is 1. The zero-order valence-electron chi connectivity index (χ0n) is 5.46. The predicted octanol–water partition coefficient (Wildman–Crippen LogP) is 0.942. The van der Waals surface area contributed by atoms with Crippen LogP contribution in [0.5, 0.6) is 0 Å². The molecule has 54 valence electrons. The fourth-order valence-corrected chi connectivity index (χ4v) is 1.27. The largest absolute Gasteiger partial charge is 0.451 e. The highest BCUT2D eigenvalue weighted by Crippen LogP contribution is 2.35. The molecule has 1 unspecified atom stereocenters. The molecule has 0 aliphatic rings. The maximum absolute atomic E-state index is 10.9. The van der Waals surface area contributed by atoms with E-state index in [2.05, 4.69) is 4.52 Å². The Labute approximate surface area is 56.8 Å². The molecular weight excluding hydrogens is 158 g/mol. The normalized spacial score (nSPS) is 11.0. The summed E-state index contributed by atoms with van der Waals surface area (Å²) in [6.45, 7) is 3.10. The Kier molecular flexibility index (Phi) is 3.38. The van der Waals surface area contributed by atoms with Crippen molar-refractivity contribution in [2.75, 3.05) is 19.5 Å². The molecule has 1 atom stereocenters. The molecule has 0 aromatic rings. The summed E-state index contributed by atoms with van der Waals surface area (Å²) in [5.41, 5.74) is 0. The molecule has 0 amide bonds. The van der Waals surface area contributed by atoms with E-state index in [4.69, 9.17) is 0 Å². The van der Waals surface area contributed by atoms with Crippen molar-refractivity contribution in [3.05, 3.63) is 0 Å². The van der Waals surface area contributed by atoms with Crippen LogP contribution in [0.2, 0.25) is 0 Å². The number of rotatable bonds is 2. The number of carbonyl (C=O) groups excluding carboxylic acids is 1. The van der Waals surface area contributed by atoms with Crippen molar-refractivity contribution in [2.45, 2.75) is 0 Å². The van der Waals surface area contributed by atoms with Crippen molar-refractivity contribution >= 4 is 22.6 Å². The molecule has 0 N–H and O–H groups in total. The Balaban J connectivity index is 3.75. The van der Waals surface area contributed by atoms with Crippen LogP contribution in [0.15, 0.2) is 0 Å². The van der Waals surface area contributed by atoms with Crippen LogP contribution >= 0.6 is 16.6 Å². The first kappa shape index (κ1) is 9.13. The van der Waals surface area contributed by atoms with Gasteiger partial charge in [0, 0.05) is 0 Å². The average Bonchev–Trinajstić information content (AvgIpc) is 1.62. The predicted molar refractivity (Wildman–Crippen MR) is 40.1 cm³/mol. The molecule has 9 heavy (non-hydrogen) atoms. The van der Waals surface area contributed by atoms with Gasteiger partial charge in [0.2, 0.25) is 0 Å². The van der Waals surface area contributed by atoms with Crippen LogP contribution in [-0.4, -0.2) is 25.5 Å². The van der Waals surface area contributed by atoms with Crippen molar-refractivity contribution in [1.82, 2.24) is 0 Å². The van der Waals surface area contributed by atoms with Gasteiger partial charge in [0.25, 0.3) is 0 Å². The molecule has 0 spiro atoms. The molecule has 0 rings (SSSR count). The minimum Gasteiger partial charge on any atom is -0.451 e. The van der Waals surface area contributed by atoms with Gasteiger partial charge < -0.3 is 9.09 Å². The molecule has 3 nitrogen and oxygen atoms in total. The lowest BCUT2D eigenvalue weighted by Crippen LogP contribution is -2.02. The van der Waals surface area contributed by atoms with Crippen molar-refractivity contribution in [3.8, 4) is 0 Å². The Hall–Kier alpha value is 0.130. The van der Waals surface area contributed by atoms with Crippen LogP contribution in [0, 0.1) is 0 Å². The summed E-state index contributed by atoms with van der Waals surface area (Å²) < 4.78 is 15.1. The molecule has 0 aromatic carbocycles. The SMILES string of the molecule is CP(C)(=O)CC(=O)OP. The lowest BCUT2D eigenvalue weighted by molar-refractivity contribution is -0.130. The zero-order chi connectivity index (χ0) is 7.49. The highest BCUT2D eigenvalue weighted by atomic mass is 31.2. The highest BCUT2D eigenvalue weighted by molar-refractivity contribution is 7.63. The van der Waals surface area contributed by atoms with Crippen LogP contribution in [0.4, 0.5) is 0 Å². The number of hydrogen-bond donors (Lipinski definition) is 0. The Morgan fingerprint density at radius 1 is 1.67 bits per heavy atom. The van der Waals surface area contributed by atoms with Gasteiger partial charge in [-0.15, -0.1) is 0 Å². The van der Waals surface area contributed by atoms with E-state index in [1.165, 1.54) is 0 Å². The summed E-state index contributed by atoms with van der Waals surface area (Å²) in [5.74, 6) is -0.437. The first-order valence-corrected chi connectivity index (χ1v) is 5.65. The molecule has 0 aliphatic heterocycles. The van der Waals surface area contributed by atoms with Gasteiger partial charge in [0.05, 0.1) is 22.8 Å². The van der Waals surface area contributed by atoms with Crippen LogP contribution in [0.1, 0.15) is 0 Å². The van der Waals surface area contributed by atoms with Crippen molar-refractivity contribution < 1.29 is 13.9 Å². The van der Waals surface area contributed by atoms with Gasteiger partial charge >= 0.3 is 5.97 Å². The van der Waals surface area contributed by atoms with Crippen LogP contribution in [0.3, 0.4) is 0 Å². The molecule has 0 fully saturated rings. The van der Waals surface area contributed by atoms with Gasteiger partial charge in [-0.2, -0.15) is 0 Å². The van der Waals surface area contributed by atoms with Gasteiger partial charge in [-0.3, -0.25) is 4.79 Å². The maximum atomic E-state index is 10.9. The van der Waals surface area contributed by atoms with Gasteiger partial charge in [0.1, 0.15) is 0 Å². The Morgan fingerprint density at radius 2 is 2.11 bits per heavy atom. The van der Waals surface area contributed by atoms with Gasteiger partial charge in [-0.1, -0.05) is 0 Å². The second-order valence-corrected chi connectivity index (χ2v) is 5.92. The fraction of sp³-hybridized carbons (Fsp3) is 0.750. The van der Waals surface area contributed by atoms with E-state index in [9.17, 15) is 9.36 Å². The van der Waals surface area contributed by atoms with E-state index in [-0.39, 0.29) is 6.16 Å². The van der Waals surface area contributed by atoms with Crippen LogP contribution in [-0.2, 0) is 13.9 Å². The van der Waals surface area contributed by atoms with E-state index in [1.54, 1.807) is 13.3 Å². The third-order valence-electron chi connectivity index (χ3n) is 0.641. The van der Waals surface area contributed by atoms with Crippen molar-refractivity contribution in [3.63, 3.8) is 0 Å². The summed E-state index contributed by atoms with van der Waals surface area (Å²) >= 11 is 0. The average molecular weight is 168 g/mol. The number of hydrogen-bond acceptors (Lipinski definition) is 3. The monoisotopic (exact) mass is 168 g/mol. The Morgan fingerprint density at radius 3 is 2.22 bits per heavy atom. The zero-order valence-corrected chi connectivity index (χ0v) is 7.51. The van der Waals surface area contributed by atoms with Crippen molar-refractivity contribution in [1.29, 1.82) is 0 Å². The molecule has 0 saturated carbocycles. The lowest BCUT2D eigenvalue weighted by Gasteiger charge is -2.01. The van der Waals surface area contributed by atoms with Gasteiger partial charge in [0.15, 0.2) is 0 Å². The quantitative estimate of drug-likeness (QED) is 0.576. The van der Waals surface area contributed by atoms with Crippen LogP contribution < -0.4 is 0 Å². The summed E-state index contributed by atoms with van der Waals surface area (Å²) in [4.78, 5) is 10.4. The van der Waals surface area contributed by atoms with E-state index in [1.807, 2.05) is 9.47 Å². The van der Waals surface area contributed by atoms with Crippen LogP contribution in [0.25, 0.3) is 0 Å². The second kappa shape index (κ2) is 3.34. The summed E-state index contributed by atoms with van der Waals surface area (Å²) in [6, 6.07) is 0. The van der Waals surface area contributed by atoms with E-state index in [0.29, 0.717) is 0 Å². The third kappa shape index (κ3) is 6.01. The topological polar surface area (TPSA) is 43.4 Å². The lowest BCUT2D eigenvalue weighted by atomic mass is 10.8. The third-order valence-corrected chi connectivity index (χ3v) is 1.92. The minimum absolute atomic E-state index is 0.0243. The molecule has 0 aliphatic carbocycles. The highest BCUT2D eigenvalue weighted by Gasteiger charge is 2.13. The molecule has 0 heterocycles. The smallest absolute Gasteiger partial charge is 0.315 e. The minimum atomic E-state index is -2.23. The molecule has 0 bridgehead atoms. The van der Waals surface area contributed by atoms with Gasteiger partial charge in [-0.25, -0.2) is 0 Å². The van der Waals surface area contributed by atoms with E-state index in [0.717, 1.165) is 0 Å². The first-order chi connectivity index (χ1) is 3.95. The molecule has 0 aromatic heterocycles. The molecule has 0 saturated heterocycles. The van der Waals surface area contributed by atoms with E-state index >= 15 is 0 Å². The summed E-state index contributed by atoms with van der Waals surface area (Å²) in [7, 11) is -0.400. The molecule has 0 radical (unpaired) electrons. The summed E-state index contributed by atoms with van der Waals surface area (Å²) in [5, 5.41) is 0. The van der Waals surface area contributed by atoms with Crippen molar-refractivity contribution in [2.24, 2.45) is 0 Å². The first-order valence-electron chi connectivity index (χ1n) is 2.39. The fourth-order valence-electron chi connectivity index (χ4n) is 0.348. The Bertz CT molecular complexity index is 148. The second-order valence-electron chi connectivity index (χ2n) is 2.22. The summed E-state index contributed by atoms with van der Waals surface area (Å²) in [6.07, 6.45) is 0.0243. The molecule has 5 heteroatoms. The standard InChI is InChI=1S/C4H10O3P2/c1-9(2,6)3-4(5)7-8/h3,8H2,1-2H3. The molecular formula is C4H10O3P2. The van der Waals surface area contributed by atoms with E-state index < -0.39 is 13.1 Å². The van der Waals surface area contributed by atoms with Gasteiger partial charge in [-0.05, 0) is 13.3 Å².